The molecule has 0 saturated carbocycles. The van der Waals surface area contributed by atoms with Gasteiger partial charge < -0.3 is 20.5 Å². The zero-order chi connectivity index (χ0) is 25.9. The van der Waals surface area contributed by atoms with E-state index in [1.807, 2.05) is 42.5 Å². The number of hydrogen-bond acceptors (Lipinski definition) is 6. The Morgan fingerprint density at radius 1 is 1.08 bits per heavy atom. The van der Waals surface area contributed by atoms with Crippen LogP contribution in [0.15, 0.2) is 72.8 Å². The maximum Gasteiger partial charge on any atom is 0.248 e. The van der Waals surface area contributed by atoms with Gasteiger partial charge in [0.25, 0.3) is 0 Å². The summed E-state index contributed by atoms with van der Waals surface area (Å²) in [4.78, 5) is 15.2. The Morgan fingerprint density at radius 3 is 2.28 bits per heavy atom. The normalized spacial score (nSPS) is 14.2. The third-order valence-corrected chi connectivity index (χ3v) is 6.37. The number of piperazine rings is 1. The number of benzene rings is 3. The summed E-state index contributed by atoms with van der Waals surface area (Å²) < 4.78 is 5.41. The lowest BCUT2D eigenvalue weighted by Crippen LogP contribution is -2.47. The highest BCUT2D eigenvalue weighted by atomic mass is 35.5. The molecular formula is C28H31ClN4O3. The molecule has 1 saturated heterocycles. The number of carbonyl (C=O) groups excluding carboxylic acids is 1. The average Bonchev–Trinajstić information content (AvgIpc) is 2.92. The molecule has 0 bridgehead atoms. The van der Waals surface area contributed by atoms with Crippen LogP contribution in [0.5, 0.6) is 5.75 Å². The minimum atomic E-state index is -0.379. The molecule has 36 heavy (non-hydrogen) atoms. The van der Waals surface area contributed by atoms with Crippen LogP contribution in [0.3, 0.4) is 0 Å². The molecule has 3 aromatic rings. The number of rotatable bonds is 7. The minimum absolute atomic E-state index is 0.0151. The summed E-state index contributed by atoms with van der Waals surface area (Å²) in [5.41, 5.74) is 8.46. The first-order valence-electron chi connectivity index (χ1n) is 11.8. The van der Waals surface area contributed by atoms with Crippen LogP contribution in [0, 0.1) is 11.3 Å². The molecule has 0 aliphatic carbocycles. The maximum atomic E-state index is 10.4. The number of ether oxygens (including phenoxy) is 1. The Bertz CT molecular complexity index is 1160. The van der Waals surface area contributed by atoms with Crippen molar-refractivity contribution in [3.05, 3.63) is 94.5 Å². The number of hydrogen-bond donors (Lipinski definition) is 2. The molecule has 1 amide bonds. The molecule has 1 atom stereocenters. The van der Waals surface area contributed by atoms with Crippen molar-refractivity contribution in [1.29, 1.82) is 5.26 Å². The number of anilines is 1. The van der Waals surface area contributed by atoms with Crippen molar-refractivity contribution in [2.75, 3.05) is 44.3 Å². The molecule has 188 valence electrons. The van der Waals surface area contributed by atoms with Gasteiger partial charge in [0, 0.05) is 43.9 Å². The summed E-state index contributed by atoms with van der Waals surface area (Å²) in [5, 5.41) is 18.5. The number of primary amides is 1. The molecule has 4 rings (SSSR count). The number of nitrogens with two attached hydrogens (primary N) is 1. The summed E-state index contributed by atoms with van der Waals surface area (Å²) in [6.07, 6.45) is 0. The Labute approximate surface area is 217 Å². The predicted molar refractivity (Wildman–Crippen MR) is 142 cm³/mol. The number of amides is 1. The van der Waals surface area contributed by atoms with Gasteiger partial charge in [-0.2, -0.15) is 5.26 Å². The zero-order valence-electron chi connectivity index (χ0n) is 20.3. The van der Waals surface area contributed by atoms with Crippen LogP contribution in [0.25, 0.3) is 0 Å². The Balaban J connectivity index is 0.000000338. The van der Waals surface area contributed by atoms with Gasteiger partial charge >= 0.3 is 0 Å². The molecule has 1 aliphatic heterocycles. The lowest BCUT2D eigenvalue weighted by molar-refractivity contribution is 0.100. The standard InChI is InChI=1S/C21H24ClN3O2.C7H7NO/c1-16(18-4-2-17(15-23)3-5-18)24-8-10-25(11-9-24)21-7-6-19(14-20(21)22)27-13-12-26;8-7(9)6-4-2-1-3-5-6/h2-7,14,16,26H,8-13H2,1H3;1-5H,(H2,8,9). The second kappa shape index (κ2) is 13.5. The SMILES string of the molecule is CC(c1ccc(C#N)cc1)N1CCN(c2ccc(OCCO)cc2Cl)CC1.NC(=O)c1ccccc1. The van der Waals surface area contributed by atoms with Crippen molar-refractivity contribution in [2.45, 2.75) is 13.0 Å². The van der Waals surface area contributed by atoms with E-state index in [9.17, 15) is 4.79 Å². The molecule has 7 nitrogen and oxygen atoms in total. The van der Waals surface area contributed by atoms with Gasteiger partial charge in [0.2, 0.25) is 5.91 Å². The van der Waals surface area contributed by atoms with Gasteiger partial charge in [-0.05, 0) is 48.9 Å². The summed E-state index contributed by atoms with van der Waals surface area (Å²) in [6, 6.07) is 24.7. The quantitative estimate of drug-likeness (QED) is 0.496. The van der Waals surface area contributed by atoms with E-state index in [0.717, 1.165) is 31.9 Å². The highest BCUT2D eigenvalue weighted by molar-refractivity contribution is 6.33. The molecule has 3 aromatic carbocycles. The Hall–Kier alpha value is -3.57. The maximum absolute atomic E-state index is 10.4. The molecule has 1 aliphatic rings. The first-order chi connectivity index (χ1) is 17.4. The molecule has 0 spiro atoms. The van der Waals surface area contributed by atoms with E-state index in [4.69, 9.17) is 32.4 Å². The molecular weight excluding hydrogens is 476 g/mol. The van der Waals surface area contributed by atoms with E-state index >= 15 is 0 Å². The van der Waals surface area contributed by atoms with Crippen molar-refractivity contribution < 1.29 is 14.6 Å². The summed E-state index contributed by atoms with van der Waals surface area (Å²) >= 11 is 6.44. The molecule has 1 unspecified atom stereocenters. The van der Waals surface area contributed by atoms with Crippen molar-refractivity contribution >= 4 is 23.2 Å². The second-order valence-electron chi connectivity index (χ2n) is 8.35. The smallest absolute Gasteiger partial charge is 0.248 e. The Morgan fingerprint density at radius 2 is 1.75 bits per heavy atom. The van der Waals surface area contributed by atoms with Crippen molar-refractivity contribution in [1.82, 2.24) is 4.90 Å². The summed E-state index contributed by atoms with van der Waals surface area (Å²) in [5.74, 6) is 0.293. The van der Waals surface area contributed by atoms with E-state index in [-0.39, 0.29) is 19.1 Å². The molecule has 8 heteroatoms. The van der Waals surface area contributed by atoms with Gasteiger partial charge in [-0.3, -0.25) is 9.69 Å². The first-order valence-corrected chi connectivity index (χ1v) is 12.2. The van der Waals surface area contributed by atoms with Crippen LogP contribution >= 0.6 is 11.6 Å². The molecule has 1 fully saturated rings. The zero-order valence-corrected chi connectivity index (χ0v) is 21.1. The molecule has 3 N–H and O–H groups in total. The molecule has 0 radical (unpaired) electrons. The number of nitrogens with zero attached hydrogens (tertiary/aromatic N) is 3. The third-order valence-electron chi connectivity index (χ3n) is 6.06. The summed E-state index contributed by atoms with van der Waals surface area (Å²) in [7, 11) is 0. The minimum Gasteiger partial charge on any atom is -0.491 e. The number of aliphatic hydroxyl groups excluding tert-OH is 1. The van der Waals surface area contributed by atoms with Crippen LogP contribution in [-0.2, 0) is 0 Å². The second-order valence-corrected chi connectivity index (χ2v) is 8.76. The van der Waals surface area contributed by atoms with Crippen LogP contribution in [0.2, 0.25) is 5.02 Å². The third kappa shape index (κ3) is 7.46. The van der Waals surface area contributed by atoms with Crippen LogP contribution in [0.4, 0.5) is 5.69 Å². The predicted octanol–water partition coefficient (Wildman–Crippen LogP) is 4.25. The van der Waals surface area contributed by atoms with Crippen molar-refractivity contribution in [2.24, 2.45) is 5.73 Å². The molecule has 1 heterocycles. The largest absolute Gasteiger partial charge is 0.491 e. The highest BCUT2D eigenvalue weighted by Crippen LogP contribution is 2.31. The number of carbonyl (C=O) groups is 1. The van der Waals surface area contributed by atoms with E-state index in [1.54, 1.807) is 30.3 Å². The van der Waals surface area contributed by atoms with Gasteiger partial charge in [-0.25, -0.2) is 0 Å². The fraction of sp³-hybridized carbons (Fsp3) is 0.286. The van der Waals surface area contributed by atoms with Crippen LogP contribution < -0.4 is 15.4 Å². The van der Waals surface area contributed by atoms with Gasteiger partial charge in [0.05, 0.1) is 28.9 Å². The average molecular weight is 507 g/mol. The Kier molecular flexibility index (Phi) is 10.1. The van der Waals surface area contributed by atoms with Gasteiger partial charge in [-0.1, -0.05) is 41.9 Å². The van der Waals surface area contributed by atoms with Crippen molar-refractivity contribution in [3.63, 3.8) is 0 Å². The lowest BCUT2D eigenvalue weighted by atomic mass is 10.0. The number of halogens is 1. The van der Waals surface area contributed by atoms with Gasteiger partial charge in [-0.15, -0.1) is 0 Å². The van der Waals surface area contributed by atoms with E-state index in [1.165, 1.54) is 5.56 Å². The highest BCUT2D eigenvalue weighted by Gasteiger charge is 2.23. The van der Waals surface area contributed by atoms with E-state index in [2.05, 4.69) is 22.8 Å². The fourth-order valence-electron chi connectivity index (χ4n) is 4.00. The first kappa shape index (κ1) is 27.0. The van der Waals surface area contributed by atoms with Gasteiger partial charge in [0.1, 0.15) is 12.4 Å². The molecule has 0 aromatic heterocycles. The fourth-order valence-corrected chi connectivity index (χ4v) is 4.29. The lowest BCUT2D eigenvalue weighted by Gasteiger charge is -2.39. The van der Waals surface area contributed by atoms with Crippen LogP contribution in [-0.4, -0.2) is 55.3 Å². The van der Waals surface area contributed by atoms with Gasteiger partial charge in [0.15, 0.2) is 0 Å². The number of aliphatic hydroxyl groups is 1. The monoisotopic (exact) mass is 506 g/mol. The van der Waals surface area contributed by atoms with E-state index < -0.39 is 0 Å². The number of nitriles is 1. The summed E-state index contributed by atoms with van der Waals surface area (Å²) in [6.45, 7) is 6.15. The van der Waals surface area contributed by atoms with E-state index in [0.29, 0.717) is 27.9 Å². The van der Waals surface area contributed by atoms with Crippen LogP contribution in [0.1, 0.15) is 34.5 Å². The van der Waals surface area contributed by atoms with Crippen molar-refractivity contribution in [3.8, 4) is 11.8 Å². The topological polar surface area (TPSA) is 103 Å².